The van der Waals surface area contributed by atoms with Crippen molar-refractivity contribution in [2.45, 2.75) is 64.4 Å². The van der Waals surface area contributed by atoms with Crippen molar-refractivity contribution in [1.82, 2.24) is 0 Å². The second-order valence-electron chi connectivity index (χ2n) is 4.39. The maximum Gasteiger partial charge on any atom is 0.0573 e. The molecule has 0 heterocycles. The van der Waals surface area contributed by atoms with Gasteiger partial charge in [-0.3, -0.25) is 0 Å². The molecule has 0 N–H and O–H groups in total. The maximum absolute atomic E-state index is 5.49. The van der Waals surface area contributed by atoms with Crippen LogP contribution in [0, 0.1) is 5.92 Å². The maximum atomic E-state index is 5.49. The van der Waals surface area contributed by atoms with E-state index in [0.29, 0.717) is 6.10 Å². The monoisotopic (exact) mass is 184 g/mol. The smallest absolute Gasteiger partial charge is 0.0573 e. The molecular formula is C12H24O. The number of hydrogen-bond acceptors (Lipinski definition) is 1. The van der Waals surface area contributed by atoms with Crippen molar-refractivity contribution in [3.8, 4) is 0 Å². The highest BCUT2D eigenvalue weighted by molar-refractivity contribution is 4.70. The average Bonchev–Trinajstić information content (AvgIpc) is 2.19. The summed E-state index contributed by atoms with van der Waals surface area (Å²) in [5, 5.41) is 0. The molecule has 1 unspecified atom stereocenters. The summed E-state index contributed by atoms with van der Waals surface area (Å²) in [5.41, 5.74) is 0. The van der Waals surface area contributed by atoms with E-state index in [9.17, 15) is 0 Å². The van der Waals surface area contributed by atoms with Crippen molar-refractivity contribution in [2.24, 2.45) is 5.92 Å². The molecule has 1 rings (SSSR count). The lowest BCUT2D eigenvalue weighted by Crippen LogP contribution is -2.17. The quantitative estimate of drug-likeness (QED) is 0.632. The summed E-state index contributed by atoms with van der Waals surface area (Å²) in [6.45, 7) is 2.24. The first-order valence-electron chi connectivity index (χ1n) is 5.89. The van der Waals surface area contributed by atoms with E-state index in [1.54, 1.807) is 0 Å². The largest absolute Gasteiger partial charge is 0.381 e. The highest BCUT2D eigenvalue weighted by Gasteiger charge is 2.17. The fourth-order valence-corrected chi connectivity index (χ4v) is 2.45. The molecule has 1 aliphatic rings. The van der Waals surface area contributed by atoms with Crippen molar-refractivity contribution in [1.29, 1.82) is 0 Å². The van der Waals surface area contributed by atoms with Crippen LogP contribution in [0.15, 0.2) is 0 Å². The lowest BCUT2D eigenvalue weighted by Gasteiger charge is -2.25. The third-order valence-corrected chi connectivity index (χ3v) is 3.26. The zero-order chi connectivity index (χ0) is 9.52. The van der Waals surface area contributed by atoms with E-state index in [2.05, 4.69) is 6.92 Å². The molecule has 0 aromatic rings. The average molecular weight is 184 g/mol. The minimum Gasteiger partial charge on any atom is -0.381 e. The van der Waals surface area contributed by atoms with Crippen LogP contribution in [0.4, 0.5) is 0 Å². The molecule has 1 aliphatic carbocycles. The van der Waals surface area contributed by atoms with Gasteiger partial charge < -0.3 is 4.74 Å². The van der Waals surface area contributed by atoms with E-state index < -0.39 is 0 Å². The molecule has 1 saturated carbocycles. The third kappa shape index (κ3) is 4.12. The molecule has 0 aliphatic heterocycles. The van der Waals surface area contributed by atoms with Crippen LogP contribution in [-0.2, 0) is 4.74 Å². The lowest BCUT2D eigenvalue weighted by atomic mass is 9.85. The minimum atomic E-state index is 0.535. The second kappa shape index (κ2) is 6.42. The fraction of sp³-hybridized carbons (Fsp3) is 1.00. The second-order valence-corrected chi connectivity index (χ2v) is 4.39. The predicted octanol–water partition coefficient (Wildman–Crippen LogP) is 3.77. The fourth-order valence-electron chi connectivity index (χ4n) is 2.45. The molecule has 0 bridgehead atoms. The number of rotatable bonds is 5. The zero-order valence-corrected chi connectivity index (χ0v) is 9.22. The molecule has 13 heavy (non-hydrogen) atoms. The molecular weight excluding hydrogens is 160 g/mol. The highest BCUT2D eigenvalue weighted by atomic mass is 16.5. The Morgan fingerprint density at radius 1 is 1.23 bits per heavy atom. The topological polar surface area (TPSA) is 9.23 Å². The Kier molecular flexibility index (Phi) is 5.45. The number of ether oxygens (including phenoxy) is 1. The molecule has 0 aromatic heterocycles. The highest BCUT2D eigenvalue weighted by Crippen LogP contribution is 2.28. The van der Waals surface area contributed by atoms with Crippen molar-refractivity contribution >= 4 is 0 Å². The summed E-state index contributed by atoms with van der Waals surface area (Å²) in [5.74, 6) is 0.963. The van der Waals surface area contributed by atoms with Gasteiger partial charge in [0.05, 0.1) is 6.10 Å². The summed E-state index contributed by atoms with van der Waals surface area (Å²) < 4.78 is 5.49. The number of hydrogen-bond donors (Lipinski definition) is 0. The van der Waals surface area contributed by atoms with E-state index in [4.69, 9.17) is 4.74 Å². The van der Waals surface area contributed by atoms with Gasteiger partial charge in [0.1, 0.15) is 0 Å². The molecule has 0 radical (unpaired) electrons. The van der Waals surface area contributed by atoms with E-state index >= 15 is 0 Å². The first-order chi connectivity index (χ1) is 6.36. The van der Waals surface area contributed by atoms with Crippen molar-refractivity contribution in [3.05, 3.63) is 0 Å². The van der Waals surface area contributed by atoms with Crippen LogP contribution in [0.2, 0.25) is 0 Å². The predicted molar refractivity (Wildman–Crippen MR) is 56.9 cm³/mol. The van der Waals surface area contributed by atoms with Gasteiger partial charge in [0.2, 0.25) is 0 Å². The van der Waals surface area contributed by atoms with Crippen molar-refractivity contribution in [3.63, 3.8) is 0 Å². The first kappa shape index (κ1) is 11.0. The lowest BCUT2D eigenvalue weighted by molar-refractivity contribution is 0.0664. The molecule has 1 fully saturated rings. The Hall–Kier alpha value is -0.0400. The number of methoxy groups -OCH3 is 1. The normalized spacial score (nSPS) is 21.7. The van der Waals surface area contributed by atoms with Gasteiger partial charge in [-0.15, -0.1) is 0 Å². The zero-order valence-electron chi connectivity index (χ0n) is 9.22. The minimum absolute atomic E-state index is 0.535. The Balaban J connectivity index is 2.18. The van der Waals surface area contributed by atoms with E-state index in [0.717, 1.165) is 5.92 Å². The van der Waals surface area contributed by atoms with E-state index in [1.807, 2.05) is 7.11 Å². The Morgan fingerprint density at radius 2 is 1.92 bits per heavy atom. The SMILES string of the molecule is CCCC(CC1CCCCC1)OC. The summed E-state index contributed by atoms with van der Waals surface area (Å²) >= 11 is 0. The molecule has 1 nitrogen and oxygen atoms in total. The summed E-state index contributed by atoms with van der Waals surface area (Å²) in [4.78, 5) is 0. The molecule has 1 heteroatoms. The van der Waals surface area contributed by atoms with Crippen LogP contribution in [0.3, 0.4) is 0 Å². The molecule has 0 aromatic carbocycles. The summed E-state index contributed by atoms with van der Waals surface area (Å²) in [6, 6.07) is 0. The van der Waals surface area contributed by atoms with E-state index in [1.165, 1.54) is 51.4 Å². The van der Waals surface area contributed by atoms with E-state index in [-0.39, 0.29) is 0 Å². The van der Waals surface area contributed by atoms with Gasteiger partial charge in [-0.25, -0.2) is 0 Å². The Morgan fingerprint density at radius 3 is 2.46 bits per heavy atom. The first-order valence-corrected chi connectivity index (χ1v) is 5.89. The van der Waals surface area contributed by atoms with Crippen LogP contribution in [-0.4, -0.2) is 13.2 Å². The molecule has 0 spiro atoms. The third-order valence-electron chi connectivity index (χ3n) is 3.26. The Bertz CT molecular complexity index is 114. The van der Waals surface area contributed by atoms with Crippen molar-refractivity contribution < 1.29 is 4.74 Å². The van der Waals surface area contributed by atoms with Gasteiger partial charge in [-0.2, -0.15) is 0 Å². The standard InChI is InChI=1S/C12H24O/c1-3-7-12(13-2)10-11-8-5-4-6-9-11/h11-12H,3-10H2,1-2H3. The van der Waals surface area contributed by atoms with Gasteiger partial charge in [0, 0.05) is 7.11 Å². The van der Waals surface area contributed by atoms with Crippen LogP contribution in [0.1, 0.15) is 58.3 Å². The summed E-state index contributed by atoms with van der Waals surface area (Å²) in [7, 11) is 1.86. The molecule has 0 saturated heterocycles. The Labute approximate surface area is 82.9 Å². The molecule has 78 valence electrons. The van der Waals surface area contributed by atoms with Crippen LogP contribution in [0.5, 0.6) is 0 Å². The van der Waals surface area contributed by atoms with Gasteiger partial charge in [-0.05, 0) is 18.8 Å². The van der Waals surface area contributed by atoms with Crippen molar-refractivity contribution in [2.75, 3.05) is 7.11 Å². The van der Waals surface area contributed by atoms with Crippen LogP contribution in [0.25, 0.3) is 0 Å². The van der Waals surface area contributed by atoms with Crippen LogP contribution >= 0.6 is 0 Å². The molecule has 1 atom stereocenters. The van der Waals surface area contributed by atoms with Gasteiger partial charge in [-0.1, -0.05) is 45.4 Å². The van der Waals surface area contributed by atoms with Crippen LogP contribution < -0.4 is 0 Å². The van der Waals surface area contributed by atoms with Gasteiger partial charge in [0.25, 0.3) is 0 Å². The summed E-state index contributed by atoms with van der Waals surface area (Å²) in [6.07, 6.45) is 11.6. The molecule has 0 amide bonds. The van der Waals surface area contributed by atoms with Gasteiger partial charge in [0.15, 0.2) is 0 Å². The van der Waals surface area contributed by atoms with Gasteiger partial charge >= 0.3 is 0 Å².